The van der Waals surface area contributed by atoms with Gasteiger partial charge in [-0.3, -0.25) is 0 Å². The van der Waals surface area contributed by atoms with Crippen molar-refractivity contribution in [2.75, 3.05) is 0 Å². The molecule has 0 spiro atoms. The quantitative estimate of drug-likeness (QED) is 0.403. The van der Waals surface area contributed by atoms with E-state index in [1.807, 2.05) is 30.3 Å². The van der Waals surface area contributed by atoms with Gasteiger partial charge in [0, 0.05) is 16.5 Å². The Morgan fingerprint density at radius 2 is 1.93 bits per heavy atom. The number of aromatic nitrogens is 6. The number of fused-ring (bicyclic) bond motifs is 1. The Morgan fingerprint density at radius 3 is 2.77 bits per heavy atom. The molecule has 0 fully saturated rings. The van der Waals surface area contributed by atoms with Crippen molar-refractivity contribution in [1.29, 1.82) is 0 Å². The standard InChI is InChI=1S/C20H13FN6O2S/c21-14-6-4-5-13(9-14)19-23-17(29-25-19)11-27-20(28)26-12-22-18(10-16(26)24-27)30-15-7-2-1-3-8-15/h1-10,12H,11H2. The molecule has 0 saturated heterocycles. The molecule has 0 bridgehead atoms. The second kappa shape index (κ2) is 7.56. The first-order valence-electron chi connectivity index (χ1n) is 8.92. The molecule has 30 heavy (non-hydrogen) atoms. The Hall–Kier alpha value is -3.79. The number of benzene rings is 2. The predicted octanol–water partition coefficient (Wildman–Crippen LogP) is 3.28. The third kappa shape index (κ3) is 3.60. The van der Waals surface area contributed by atoms with E-state index in [-0.39, 0.29) is 23.9 Å². The van der Waals surface area contributed by atoms with Crippen molar-refractivity contribution in [2.24, 2.45) is 0 Å². The van der Waals surface area contributed by atoms with E-state index in [2.05, 4.69) is 20.2 Å². The number of nitrogens with zero attached hydrogens (tertiary/aromatic N) is 6. The fraction of sp³-hybridized carbons (Fsp3) is 0.0500. The monoisotopic (exact) mass is 420 g/mol. The van der Waals surface area contributed by atoms with Gasteiger partial charge in [-0.2, -0.15) is 4.98 Å². The lowest BCUT2D eigenvalue weighted by molar-refractivity contribution is 0.364. The van der Waals surface area contributed by atoms with E-state index < -0.39 is 5.82 Å². The molecule has 0 amide bonds. The molecule has 148 valence electrons. The van der Waals surface area contributed by atoms with Crippen LogP contribution in [0.4, 0.5) is 4.39 Å². The molecule has 3 heterocycles. The SMILES string of the molecule is O=c1n(Cc2nc(-c3cccc(F)c3)no2)nc2cc(Sc3ccccc3)ncn12. The van der Waals surface area contributed by atoms with Gasteiger partial charge in [-0.15, -0.1) is 5.10 Å². The van der Waals surface area contributed by atoms with E-state index >= 15 is 0 Å². The first-order chi connectivity index (χ1) is 14.7. The summed E-state index contributed by atoms with van der Waals surface area (Å²) in [7, 11) is 0. The minimum Gasteiger partial charge on any atom is -0.337 e. The van der Waals surface area contributed by atoms with Crippen molar-refractivity contribution in [3.63, 3.8) is 0 Å². The highest BCUT2D eigenvalue weighted by molar-refractivity contribution is 7.99. The van der Waals surface area contributed by atoms with Crippen molar-refractivity contribution in [3.05, 3.63) is 89.2 Å². The van der Waals surface area contributed by atoms with Gasteiger partial charge in [-0.1, -0.05) is 47.3 Å². The summed E-state index contributed by atoms with van der Waals surface area (Å²) in [6.07, 6.45) is 1.44. The van der Waals surface area contributed by atoms with E-state index in [4.69, 9.17) is 4.52 Å². The van der Waals surface area contributed by atoms with Gasteiger partial charge in [-0.25, -0.2) is 23.3 Å². The van der Waals surface area contributed by atoms with Crippen molar-refractivity contribution < 1.29 is 8.91 Å². The zero-order valence-electron chi connectivity index (χ0n) is 15.3. The summed E-state index contributed by atoms with van der Waals surface area (Å²) >= 11 is 1.48. The van der Waals surface area contributed by atoms with Crippen LogP contribution in [0.1, 0.15) is 5.89 Å². The maximum absolute atomic E-state index is 13.4. The number of hydrogen-bond acceptors (Lipinski definition) is 7. The molecule has 10 heteroatoms. The van der Waals surface area contributed by atoms with Crippen LogP contribution in [0.25, 0.3) is 17.0 Å². The molecule has 0 saturated carbocycles. The van der Waals surface area contributed by atoms with Gasteiger partial charge in [0.1, 0.15) is 23.7 Å². The van der Waals surface area contributed by atoms with Crippen LogP contribution in [0.3, 0.4) is 0 Å². The third-order valence-corrected chi connectivity index (χ3v) is 5.19. The molecule has 0 radical (unpaired) electrons. The van der Waals surface area contributed by atoms with Crippen molar-refractivity contribution in [2.45, 2.75) is 16.5 Å². The molecule has 0 N–H and O–H groups in total. The van der Waals surface area contributed by atoms with Gasteiger partial charge in [0.2, 0.25) is 11.7 Å². The first-order valence-corrected chi connectivity index (χ1v) is 9.74. The molecular weight excluding hydrogens is 407 g/mol. The Kier molecular flexibility index (Phi) is 4.60. The summed E-state index contributed by atoms with van der Waals surface area (Å²) in [6.45, 7) is -0.00993. The van der Waals surface area contributed by atoms with Crippen molar-refractivity contribution in [3.8, 4) is 11.4 Å². The predicted molar refractivity (Wildman–Crippen MR) is 107 cm³/mol. The van der Waals surface area contributed by atoms with E-state index in [1.54, 1.807) is 18.2 Å². The molecule has 0 aliphatic carbocycles. The lowest BCUT2D eigenvalue weighted by atomic mass is 10.2. The minimum absolute atomic E-state index is 0.00993. The second-order valence-corrected chi connectivity index (χ2v) is 7.43. The van der Waals surface area contributed by atoms with Crippen molar-refractivity contribution >= 4 is 17.4 Å². The number of rotatable bonds is 5. The molecule has 5 rings (SSSR count). The van der Waals surface area contributed by atoms with Crippen LogP contribution < -0.4 is 5.69 Å². The van der Waals surface area contributed by atoms with Gasteiger partial charge in [0.05, 0.1) is 0 Å². The number of halogens is 1. The molecule has 8 nitrogen and oxygen atoms in total. The molecular formula is C20H13FN6O2S. The average molecular weight is 420 g/mol. The fourth-order valence-corrected chi connectivity index (χ4v) is 3.67. The Balaban J connectivity index is 1.41. The Morgan fingerprint density at radius 1 is 1.07 bits per heavy atom. The number of hydrogen-bond donors (Lipinski definition) is 0. The van der Waals surface area contributed by atoms with Gasteiger partial charge in [0.15, 0.2) is 5.65 Å². The highest BCUT2D eigenvalue weighted by Crippen LogP contribution is 2.25. The van der Waals surface area contributed by atoms with Crippen molar-refractivity contribution in [1.82, 2.24) is 29.3 Å². The van der Waals surface area contributed by atoms with E-state index in [1.165, 1.54) is 39.3 Å². The Bertz CT molecular complexity index is 1400. The average Bonchev–Trinajstić information content (AvgIpc) is 3.34. The van der Waals surface area contributed by atoms with E-state index in [0.29, 0.717) is 11.2 Å². The molecule has 0 atom stereocenters. The summed E-state index contributed by atoms with van der Waals surface area (Å²) in [5.74, 6) is 0.0308. The lowest BCUT2D eigenvalue weighted by Crippen LogP contribution is -2.21. The highest BCUT2D eigenvalue weighted by atomic mass is 32.2. The Labute approximate surface area is 173 Å². The summed E-state index contributed by atoms with van der Waals surface area (Å²) in [6, 6.07) is 17.4. The minimum atomic E-state index is -0.396. The van der Waals surface area contributed by atoms with Crippen LogP contribution in [-0.4, -0.2) is 29.3 Å². The third-order valence-electron chi connectivity index (χ3n) is 4.25. The molecule has 5 aromatic rings. The van der Waals surface area contributed by atoms with Crippen LogP contribution in [0.2, 0.25) is 0 Å². The smallest absolute Gasteiger partial charge is 0.337 e. The van der Waals surface area contributed by atoms with Crippen LogP contribution in [0.5, 0.6) is 0 Å². The molecule has 0 unspecified atom stereocenters. The summed E-state index contributed by atoms with van der Waals surface area (Å²) < 4.78 is 21.2. The van der Waals surface area contributed by atoms with Crippen LogP contribution in [-0.2, 0) is 6.54 Å². The van der Waals surface area contributed by atoms with Crippen LogP contribution in [0.15, 0.2) is 86.2 Å². The topological polar surface area (TPSA) is 91.1 Å². The molecule has 0 aliphatic heterocycles. The molecule has 3 aromatic heterocycles. The molecule has 0 aliphatic rings. The van der Waals surface area contributed by atoms with E-state index in [9.17, 15) is 9.18 Å². The normalized spacial score (nSPS) is 11.2. The second-order valence-electron chi connectivity index (χ2n) is 6.33. The zero-order chi connectivity index (χ0) is 20.5. The molecule has 2 aromatic carbocycles. The highest BCUT2D eigenvalue weighted by Gasteiger charge is 2.14. The summed E-state index contributed by atoms with van der Waals surface area (Å²) in [5.41, 5.74) is 0.566. The van der Waals surface area contributed by atoms with Gasteiger partial charge >= 0.3 is 5.69 Å². The fourth-order valence-electron chi connectivity index (χ4n) is 2.87. The van der Waals surface area contributed by atoms with Gasteiger partial charge < -0.3 is 4.52 Å². The van der Waals surface area contributed by atoms with Crippen LogP contribution in [0, 0.1) is 5.82 Å². The maximum Gasteiger partial charge on any atom is 0.352 e. The zero-order valence-corrected chi connectivity index (χ0v) is 16.2. The summed E-state index contributed by atoms with van der Waals surface area (Å²) in [5, 5.41) is 8.90. The van der Waals surface area contributed by atoms with E-state index in [0.717, 1.165) is 9.92 Å². The van der Waals surface area contributed by atoms with Crippen LogP contribution >= 0.6 is 11.8 Å². The lowest BCUT2D eigenvalue weighted by Gasteiger charge is -1.99. The first kappa shape index (κ1) is 18.3. The largest absolute Gasteiger partial charge is 0.352 e. The van der Waals surface area contributed by atoms with Gasteiger partial charge in [0.25, 0.3) is 0 Å². The maximum atomic E-state index is 13.4. The van der Waals surface area contributed by atoms with Gasteiger partial charge in [-0.05, 0) is 24.3 Å². The summed E-state index contributed by atoms with van der Waals surface area (Å²) in [4.78, 5) is 22.2.